The van der Waals surface area contributed by atoms with Crippen molar-refractivity contribution in [2.45, 2.75) is 53.5 Å². The molecule has 0 aromatic heterocycles. The first kappa shape index (κ1) is 23.5. The topological polar surface area (TPSA) is 96.5 Å². The van der Waals surface area contributed by atoms with E-state index in [4.69, 9.17) is 4.74 Å². The van der Waals surface area contributed by atoms with Crippen molar-refractivity contribution >= 4 is 23.6 Å². The zero-order chi connectivity index (χ0) is 21.3. The number of ether oxygens (including phenoxy) is 1. The Balaban J connectivity index is 2.70. The average Bonchev–Trinajstić information content (AvgIpc) is 2.60. The van der Waals surface area contributed by atoms with Crippen LogP contribution in [0.5, 0.6) is 0 Å². The second-order valence-electron chi connectivity index (χ2n) is 7.81. The van der Waals surface area contributed by atoms with Crippen LogP contribution in [-0.2, 0) is 9.53 Å². The molecule has 1 rings (SSSR count). The van der Waals surface area contributed by atoms with Crippen molar-refractivity contribution in [1.82, 2.24) is 10.6 Å². The van der Waals surface area contributed by atoms with Crippen molar-refractivity contribution in [2.24, 2.45) is 11.8 Å². The largest absolute Gasteiger partial charge is 0.466 e. The predicted molar refractivity (Wildman–Crippen MR) is 110 cm³/mol. The van der Waals surface area contributed by atoms with Crippen LogP contribution in [0.2, 0.25) is 0 Å². The second kappa shape index (κ2) is 10.7. The molecule has 1 atom stereocenters. The van der Waals surface area contributed by atoms with Gasteiger partial charge in [0.15, 0.2) is 0 Å². The normalized spacial score (nSPS) is 13.0. The summed E-state index contributed by atoms with van der Waals surface area (Å²) in [6.45, 7) is 12.4. The van der Waals surface area contributed by atoms with Gasteiger partial charge in [0.25, 0.3) is 5.91 Å². The number of esters is 1. The number of urea groups is 1. The summed E-state index contributed by atoms with van der Waals surface area (Å²) in [4.78, 5) is 36.3. The number of nitrogens with one attached hydrogen (secondary N) is 3. The summed E-state index contributed by atoms with van der Waals surface area (Å²) in [6, 6.07) is 6.23. The fraction of sp³-hybridized carbons (Fsp3) is 0.571. The highest BCUT2D eigenvalue weighted by Gasteiger charge is 2.33. The third-order valence-corrected chi connectivity index (χ3v) is 4.57. The van der Waals surface area contributed by atoms with Crippen LogP contribution in [0.25, 0.3) is 0 Å². The van der Waals surface area contributed by atoms with Crippen LogP contribution in [0.15, 0.2) is 24.3 Å². The maximum absolute atomic E-state index is 12.4. The predicted octanol–water partition coefficient (Wildman–Crippen LogP) is 3.56. The number of amides is 3. The Morgan fingerprint density at radius 2 is 1.68 bits per heavy atom. The van der Waals surface area contributed by atoms with E-state index >= 15 is 0 Å². The van der Waals surface area contributed by atoms with Gasteiger partial charge in [0.2, 0.25) is 0 Å². The van der Waals surface area contributed by atoms with Crippen molar-refractivity contribution in [3.63, 3.8) is 0 Å². The standard InChI is InChI=1S/C21H33N3O4/c1-7-28-18(25)12-21(6,15(4)5)24-20(27)23-17-10-8-16(9-11-17)19(26)22-13-14(2)3/h8-11,14-15H,7,12-13H2,1-6H3,(H,22,26)(H2,23,24,27)/t21-/m0/s1. The van der Waals surface area contributed by atoms with E-state index in [1.54, 1.807) is 31.2 Å². The van der Waals surface area contributed by atoms with Gasteiger partial charge in [-0.1, -0.05) is 27.7 Å². The minimum Gasteiger partial charge on any atom is -0.466 e. The fourth-order valence-electron chi connectivity index (χ4n) is 2.43. The van der Waals surface area contributed by atoms with Crippen LogP contribution < -0.4 is 16.0 Å². The van der Waals surface area contributed by atoms with Crippen LogP contribution in [-0.4, -0.2) is 36.6 Å². The molecule has 3 N–H and O–H groups in total. The molecule has 0 aliphatic rings. The monoisotopic (exact) mass is 391 g/mol. The number of hydrogen-bond donors (Lipinski definition) is 3. The average molecular weight is 392 g/mol. The summed E-state index contributed by atoms with van der Waals surface area (Å²) >= 11 is 0. The second-order valence-corrected chi connectivity index (χ2v) is 7.81. The van der Waals surface area contributed by atoms with Gasteiger partial charge in [-0.25, -0.2) is 4.79 Å². The summed E-state index contributed by atoms with van der Waals surface area (Å²) in [6.07, 6.45) is 0.0842. The zero-order valence-electron chi connectivity index (χ0n) is 17.7. The maximum Gasteiger partial charge on any atom is 0.319 e. The number of carbonyl (C=O) groups excluding carboxylic acids is 3. The molecule has 0 bridgehead atoms. The lowest BCUT2D eigenvalue weighted by molar-refractivity contribution is -0.145. The fourth-order valence-corrected chi connectivity index (χ4v) is 2.43. The molecule has 0 saturated heterocycles. The first-order valence-electron chi connectivity index (χ1n) is 9.70. The lowest BCUT2D eigenvalue weighted by atomic mass is 9.85. The van der Waals surface area contributed by atoms with Gasteiger partial charge >= 0.3 is 12.0 Å². The lowest BCUT2D eigenvalue weighted by Gasteiger charge is -2.34. The molecule has 3 amide bonds. The summed E-state index contributed by atoms with van der Waals surface area (Å²) in [7, 11) is 0. The zero-order valence-corrected chi connectivity index (χ0v) is 17.7. The lowest BCUT2D eigenvalue weighted by Crippen LogP contribution is -2.52. The minimum absolute atomic E-state index is 0.0229. The highest BCUT2D eigenvalue weighted by atomic mass is 16.5. The Labute approximate surface area is 167 Å². The van der Waals surface area contributed by atoms with E-state index < -0.39 is 11.6 Å². The van der Waals surface area contributed by atoms with E-state index in [1.807, 2.05) is 34.6 Å². The maximum atomic E-state index is 12.4. The smallest absolute Gasteiger partial charge is 0.319 e. The summed E-state index contributed by atoms with van der Waals surface area (Å²) in [5.74, 6) is -0.101. The molecular weight excluding hydrogens is 358 g/mol. The third-order valence-electron chi connectivity index (χ3n) is 4.57. The number of hydrogen-bond acceptors (Lipinski definition) is 4. The number of anilines is 1. The number of rotatable bonds is 9. The van der Waals surface area contributed by atoms with Crippen molar-refractivity contribution in [3.8, 4) is 0 Å². The Morgan fingerprint density at radius 1 is 1.07 bits per heavy atom. The van der Waals surface area contributed by atoms with Gasteiger partial charge < -0.3 is 20.7 Å². The van der Waals surface area contributed by atoms with Crippen LogP contribution >= 0.6 is 0 Å². The van der Waals surface area contributed by atoms with E-state index in [0.717, 1.165) is 0 Å². The van der Waals surface area contributed by atoms with Crippen molar-refractivity contribution < 1.29 is 19.1 Å². The van der Waals surface area contributed by atoms with Crippen LogP contribution in [0.3, 0.4) is 0 Å². The van der Waals surface area contributed by atoms with E-state index in [-0.39, 0.29) is 24.2 Å². The molecule has 0 aliphatic carbocycles. The summed E-state index contributed by atoms with van der Waals surface area (Å²) in [5.41, 5.74) is 0.341. The molecule has 0 aliphatic heterocycles. The van der Waals surface area contributed by atoms with Gasteiger partial charge in [0.05, 0.1) is 18.6 Å². The van der Waals surface area contributed by atoms with Gasteiger partial charge in [-0.15, -0.1) is 0 Å². The Morgan fingerprint density at radius 3 is 2.18 bits per heavy atom. The SMILES string of the molecule is CCOC(=O)C[C@](C)(NC(=O)Nc1ccc(C(=O)NCC(C)C)cc1)C(C)C. The van der Waals surface area contributed by atoms with Gasteiger partial charge in [-0.2, -0.15) is 0 Å². The highest BCUT2D eigenvalue weighted by molar-refractivity contribution is 5.95. The number of carbonyl (C=O) groups is 3. The van der Waals surface area contributed by atoms with E-state index in [9.17, 15) is 14.4 Å². The number of benzene rings is 1. The van der Waals surface area contributed by atoms with Crippen molar-refractivity contribution in [1.29, 1.82) is 0 Å². The minimum atomic E-state index is -0.743. The highest BCUT2D eigenvalue weighted by Crippen LogP contribution is 2.22. The molecule has 7 nitrogen and oxygen atoms in total. The first-order chi connectivity index (χ1) is 13.1. The molecule has 0 saturated carbocycles. The molecule has 1 aromatic rings. The van der Waals surface area contributed by atoms with Gasteiger partial charge in [0.1, 0.15) is 0 Å². The molecule has 0 fully saturated rings. The van der Waals surface area contributed by atoms with Crippen LogP contribution in [0.4, 0.5) is 10.5 Å². The van der Waals surface area contributed by atoms with Gasteiger partial charge in [0, 0.05) is 17.8 Å². The Hall–Kier alpha value is -2.57. The summed E-state index contributed by atoms with van der Waals surface area (Å²) in [5, 5.41) is 8.46. The molecule has 28 heavy (non-hydrogen) atoms. The molecule has 7 heteroatoms. The first-order valence-corrected chi connectivity index (χ1v) is 9.70. The van der Waals surface area contributed by atoms with E-state index in [1.165, 1.54) is 0 Å². The molecular formula is C21H33N3O4. The van der Waals surface area contributed by atoms with E-state index in [0.29, 0.717) is 30.3 Å². The van der Waals surface area contributed by atoms with Gasteiger partial charge in [-0.05, 0) is 49.9 Å². The molecule has 0 unspecified atom stereocenters. The Bertz CT molecular complexity index is 671. The van der Waals surface area contributed by atoms with Crippen LogP contribution in [0.1, 0.15) is 58.3 Å². The van der Waals surface area contributed by atoms with Crippen molar-refractivity contribution in [2.75, 3.05) is 18.5 Å². The molecule has 156 valence electrons. The molecule has 0 radical (unpaired) electrons. The molecule has 0 heterocycles. The van der Waals surface area contributed by atoms with Crippen LogP contribution in [0, 0.1) is 11.8 Å². The molecule has 0 spiro atoms. The van der Waals surface area contributed by atoms with Crippen molar-refractivity contribution in [3.05, 3.63) is 29.8 Å². The van der Waals surface area contributed by atoms with Gasteiger partial charge in [-0.3, -0.25) is 9.59 Å². The molecule has 1 aromatic carbocycles. The third kappa shape index (κ3) is 7.58. The summed E-state index contributed by atoms with van der Waals surface area (Å²) < 4.78 is 5.01. The van der Waals surface area contributed by atoms with E-state index in [2.05, 4.69) is 16.0 Å². The quantitative estimate of drug-likeness (QED) is 0.561. The Kier molecular flexibility index (Phi) is 8.96.